The summed E-state index contributed by atoms with van der Waals surface area (Å²) in [6.45, 7) is 0.819. The second kappa shape index (κ2) is 4.15. The van der Waals surface area contributed by atoms with E-state index in [1.807, 2.05) is 0 Å². The molecule has 0 unspecified atom stereocenters. The van der Waals surface area contributed by atoms with Gasteiger partial charge in [0.05, 0.1) is 6.26 Å². The number of hydrogen-bond donors (Lipinski definition) is 1. The zero-order chi connectivity index (χ0) is 11.6. The third-order valence-corrected chi connectivity index (χ3v) is 3.51. The molecule has 15 heavy (non-hydrogen) atoms. The number of carbonyl (C=O) groups excluding carboxylic acids is 2. The number of amides is 2. The molecule has 1 heterocycles. The molecule has 0 saturated carbocycles. The first kappa shape index (κ1) is 11.9. The Bertz CT molecular complexity index is 370. The highest BCUT2D eigenvalue weighted by Gasteiger charge is 2.27. The van der Waals surface area contributed by atoms with Gasteiger partial charge in [-0.25, -0.2) is 8.42 Å². The van der Waals surface area contributed by atoms with Gasteiger partial charge in [-0.1, -0.05) is 0 Å². The van der Waals surface area contributed by atoms with Crippen molar-refractivity contribution in [1.82, 2.24) is 9.21 Å². The van der Waals surface area contributed by atoms with Crippen molar-refractivity contribution in [2.24, 2.45) is 5.73 Å². The molecule has 86 valence electrons. The number of primary amides is 1. The van der Waals surface area contributed by atoms with Crippen molar-refractivity contribution in [1.29, 1.82) is 0 Å². The zero-order valence-electron chi connectivity index (χ0n) is 8.34. The van der Waals surface area contributed by atoms with Gasteiger partial charge in [0, 0.05) is 26.2 Å². The van der Waals surface area contributed by atoms with E-state index in [9.17, 15) is 18.0 Å². The predicted octanol–water partition coefficient (Wildman–Crippen LogP) is -2.42. The van der Waals surface area contributed by atoms with Crippen molar-refractivity contribution >= 4 is 21.8 Å². The van der Waals surface area contributed by atoms with E-state index in [0.717, 1.165) is 6.26 Å². The fourth-order valence-corrected chi connectivity index (χ4v) is 2.21. The van der Waals surface area contributed by atoms with Gasteiger partial charge in [-0.05, 0) is 0 Å². The standard InChI is InChI=1S/C7H13N3O4S/c1-15(13,14)10-4-2-9(3-5-10)7(12)6(8)11/h2-5H2,1H3,(H2,8,11). The van der Waals surface area contributed by atoms with E-state index in [0.29, 0.717) is 0 Å². The Balaban J connectivity index is 2.57. The van der Waals surface area contributed by atoms with Crippen molar-refractivity contribution in [3.8, 4) is 0 Å². The lowest BCUT2D eigenvalue weighted by atomic mass is 10.3. The van der Waals surface area contributed by atoms with Gasteiger partial charge in [0.1, 0.15) is 0 Å². The fourth-order valence-electron chi connectivity index (χ4n) is 1.38. The average molecular weight is 235 g/mol. The molecule has 2 amide bonds. The Hall–Kier alpha value is -1.15. The van der Waals surface area contributed by atoms with Gasteiger partial charge >= 0.3 is 11.8 Å². The van der Waals surface area contributed by atoms with Gasteiger partial charge in [-0.3, -0.25) is 9.59 Å². The van der Waals surface area contributed by atoms with Gasteiger partial charge in [-0.15, -0.1) is 0 Å². The van der Waals surface area contributed by atoms with E-state index in [-0.39, 0.29) is 26.2 Å². The molecule has 1 aliphatic heterocycles. The molecule has 0 aliphatic carbocycles. The van der Waals surface area contributed by atoms with Crippen LogP contribution in [-0.4, -0.2) is 61.9 Å². The highest BCUT2D eigenvalue weighted by Crippen LogP contribution is 2.05. The van der Waals surface area contributed by atoms with Crippen molar-refractivity contribution in [3.63, 3.8) is 0 Å². The number of nitrogens with zero attached hydrogens (tertiary/aromatic N) is 2. The second-order valence-electron chi connectivity index (χ2n) is 3.32. The molecule has 1 fully saturated rings. The van der Waals surface area contributed by atoms with E-state index in [2.05, 4.69) is 0 Å². The summed E-state index contributed by atoms with van der Waals surface area (Å²) in [6.07, 6.45) is 1.11. The quantitative estimate of drug-likeness (QED) is 0.511. The Morgan fingerprint density at radius 1 is 1.13 bits per heavy atom. The lowest BCUT2D eigenvalue weighted by Gasteiger charge is -2.32. The minimum Gasteiger partial charge on any atom is -0.361 e. The van der Waals surface area contributed by atoms with Gasteiger partial charge in [0.15, 0.2) is 0 Å². The third-order valence-electron chi connectivity index (χ3n) is 2.21. The molecule has 8 heteroatoms. The Kier molecular flexibility index (Phi) is 3.30. The molecule has 1 saturated heterocycles. The number of rotatable bonds is 1. The van der Waals surface area contributed by atoms with Crippen LogP contribution in [0.25, 0.3) is 0 Å². The van der Waals surface area contributed by atoms with Crippen LogP contribution in [0.4, 0.5) is 0 Å². The van der Waals surface area contributed by atoms with Crippen molar-refractivity contribution < 1.29 is 18.0 Å². The van der Waals surface area contributed by atoms with Crippen LogP contribution in [0.2, 0.25) is 0 Å². The summed E-state index contributed by atoms with van der Waals surface area (Å²) in [7, 11) is -3.22. The molecule has 0 bridgehead atoms. The average Bonchev–Trinajstić information content (AvgIpc) is 2.15. The molecular formula is C7H13N3O4S. The number of hydrogen-bond acceptors (Lipinski definition) is 4. The van der Waals surface area contributed by atoms with Gasteiger partial charge in [0.2, 0.25) is 10.0 Å². The maximum absolute atomic E-state index is 11.1. The molecule has 0 aromatic rings. The lowest BCUT2D eigenvalue weighted by molar-refractivity contribution is -0.144. The maximum Gasteiger partial charge on any atom is 0.311 e. The monoisotopic (exact) mass is 235 g/mol. The van der Waals surface area contributed by atoms with Crippen LogP contribution in [-0.2, 0) is 19.6 Å². The topological polar surface area (TPSA) is 101 Å². The lowest BCUT2D eigenvalue weighted by Crippen LogP contribution is -2.52. The van der Waals surface area contributed by atoms with Gasteiger partial charge in [-0.2, -0.15) is 4.31 Å². The molecule has 0 atom stereocenters. The normalized spacial score (nSPS) is 18.9. The molecule has 7 nitrogen and oxygen atoms in total. The summed E-state index contributed by atoms with van der Waals surface area (Å²) in [5.74, 6) is -1.77. The van der Waals surface area contributed by atoms with Gasteiger partial charge in [0.25, 0.3) is 0 Å². The SMILES string of the molecule is CS(=O)(=O)N1CCN(C(=O)C(N)=O)CC1. The molecule has 1 aliphatic rings. The molecule has 1 rings (SSSR count). The molecule has 0 aromatic heterocycles. The number of nitrogens with two attached hydrogens (primary N) is 1. The van der Waals surface area contributed by atoms with Crippen LogP contribution in [0.5, 0.6) is 0 Å². The summed E-state index contributed by atoms with van der Waals surface area (Å²) >= 11 is 0. The smallest absolute Gasteiger partial charge is 0.311 e. The summed E-state index contributed by atoms with van der Waals surface area (Å²) < 4.78 is 23.5. The van der Waals surface area contributed by atoms with Crippen LogP contribution in [0.3, 0.4) is 0 Å². The fraction of sp³-hybridized carbons (Fsp3) is 0.714. The van der Waals surface area contributed by atoms with Gasteiger partial charge < -0.3 is 10.6 Å². The third kappa shape index (κ3) is 2.90. The maximum atomic E-state index is 11.1. The summed E-state index contributed by atoms with van der Waals surface area (Å²) in [5.41, 5.74) is 4.83. The predicted molar refractivity (Wildman–Crippen MR) is 52.2 cm³/mol. The highest BCUT2D eigenvalue weighted by atomic mass is 32.2. The molecular weight excluding hydrogens is 222 g/mol. The summed E-state index contributed by atoms with van der Waals surface area (Å²) in [4.78, 5) is 23.0. The molecule has 0 spiro atoms. The van der Waals surface area contributed by atoms with E-state index >= 15 is 0 Å². The van der Waals surface area contributed by atoms with Crippen molar-refractivity contribution in [2.75, 3.05) is 32.4 Å². The first-order valence-corrected chi connectivity index (χ1v) is 6.21. The second-order valence-corrected chi connectivity index (χ2v) is 5.30. The van der Waals surface area contributed by atoms with E-state index in [4.69, 9.17) is 5.73 Å². The van der Waals surface area contributed by atoms with Crippen LogP contribution in [0.1, 0.15) is 0 Å². The first-order valence-electron chi connectivity index (χ1n) is 4.36. The highest BCUT2D eigenvalue weighted by molar-refractivity contribution is 7.88. The van der Waals surface area contributed by atoms with Crippen molar-refractivity contribution in [2.45, 2.75) is 0 Å². The molecule has 0 radical (unpaired) electrons. The number of sulfonamides is 1. The van der Waals surface area contributed by atoms with E-state index in [1.54, 1.807) is 0 Å². The Morgan fingerprint density at radius 2 is 1.60 bits per heavy atom. The van der Waals surface area contributed by atoms with Crippen LogP contribution in [0.15, 0.2) is 0 Å². The van der Waals surface area contributed by atoms with Crippen LogP contribution < -0.4 is 5.73 Å². The summed E-state index contributed by atoms with van der Waals surface area (Å²) in [6, 6.07) is 0. The van der Waals surface area contributed by atoms with Crippen LogP contribution in [0, 0.1) is 0 Å². The Labute approximate surface area is 87.9 Å². The zero-order valence-corrected chi connectivity index (χ0v) is 9.16. The minimum atomic E-state index is -3.22. The molecule has 2 N–H and O–H groups in total. The van der Waals surface area contributed by atoms with E-state index in [1.165, 1.54) is 9.21 Å². The van der Waals surface area contributed by atoms with E-state index < -0.39 is 21.8 Å². The summed E-state index contributed by atoms with van der Waals surface area (Å²) in [5, 5.41) is 0. The first-order chi connectivity index (χ1) is 6.82. The van der Waals surface area contributed by atoms with Crippen molar-refractivity contribution in [3.05, 3.63) is 0 Å². The van der Waals surface area contributed by atoms with Crippen LogP contribution >= 0.6 is 0 Å². The molecule has 0 aromatic carbocycles. The number of piperazine rings is 1. The Morgan fingerprint density at radius 3 is 1.93 bits per heavy atom. The number of carbonyl (C=O) groups is 2. The minimum absolute atomic E-state index is 0.203. The largest absolute Gasteiger partial charge is 0.361 e.